The Balaban J connectivity index is 2.55. The first-order chi connectivity index (χ1) is 6.29. The van der Waals surface area contributed by atoms with Gasteiger partial charge in [-0.3, -0.25) is 10.1 Å². The van der Waals surface area contributed by atoms with Gasteiger partial charge < -0.3 is 4.42 Å². The largest absolute Gasteiger partial charge is 0.440 e. The number of carbonyl (C=O) groups is 1. The monoisotopic (exact) mass is 287 g/mol. The Morgan fingerprint density at radius 3 is 3.00 bits per heavy atom. The molecule has 0 fully saturated rings. The molecule has 4 heteroatoms. The molecule has 3 nitrogen and oxygen atoms in total. The van der Waals surface area contributed by atoms with Gasteiger partial charge in [0.2, 0.25) is 12.3 Å². The van der Waals surface area contributed by atoms with Crippen LogP contribution in [0.5, 0.6) is 0 Å². The topological polar surface area (TPSA) is 42.2 Å². The van der Waals surface area contributed by atoms with E-state index in [0.29, 0.717) is 12.3 Å². The van der Waals surface area contributed by atoms with Crippen LogP contribution in [0, 0.1) is 3.57 Å². The fraction of sp³-hybridized carbons (Fsp3) is 0. The molecule has 0 saturated heterocycles. The first-order valence-corrected chi connectivity index (χ1v) is 4.77. The third-order valence-corrected chi connectivity index (χ3v) is 2.35. The number of rotatable bonds is 2. The van der Waals surface area contributed by atoms with Crippen molar-refractivity contribution in [2.24, 2.45) is 0 Å². The molecule has 2 aromatic rings. The highest BCUT2D eigenvalue weighted by molar-refractivity contribution is 14.1. The van der Waals surface area contributed by atoms with Gasteiger partial charge in [0.15, 0.2) is 0 Å². The molecule has 1 aromatic heterocycles. The van der Waals surface area contributed by atoms with Crippen molar-refractivity contribution in [3.8, 4) is 0 Å². The summed E-state index contributed by atoms with van der Waals surface area (Å²) in [5, 5.41) is 3.46. The van der Waals surface area contributed by atoms with Crippen molar-refractivity contribution in [1.82, 2.24) is 0 Å². The Hall–Kier alpha value is -1.04. The van der Waals surface area contributed by atoms with E-state index in [9.17, 15) is 4.79 Å². The van der Waals surface area contributed by atoms with Crippen molar-refractivity contribution in [3.05, 3.63) is 27.8 Å². The molecule has 0 aliphatic carbocycles. The molecule has 0 spiro atoms. The summed E-state index contributed by atoms with van der Waals surface area (Å²) < 4.78 is 6.46. The predicted octanol–water partition coefficient (Wildman–Crippen LogP) is 2.61. The molecule has 0 saturated carbocycles. The minimum Gasteiger partial charge on any atom is -0.440 e. The van der Waals surface area contributed by atoms with Crippen LogP contribution in [0.15, 0.2) is 28.7 Å². The number of furan rings is 1. The van der Waals surface area contributed by atoms with Crippen molar-refractivity contribution in [2.45, 2.75) is 0 Å². The van der Waals surface area contributed by atoms with Crippen LogP contribution in [0.2, 0.25) is 0 Å². The van der Waals surface area contributed by atoms with E-state index in [0.717, 1.165) is 14.5 Å². The average molecular weight is 287 g/mol. The summed E-state index contributed by atoms with van der Waals surface area (Å²) in [5.41, 5.74) is 0.782. The highest BCUT2D eigenvalue weighted by Crippen LogP contribution is 2.24. The summed E-state index contributed by atoms with van der Waals surface area (Å²) in [4.78, 5) is 10.1. The molecule has 1 aromatic carbocycles. The van der Waals surface area contributed by atoms with Crippen LogP contribution in [0.3, 0.4) is 0 Å². The molecular formula is C9H6INO2. The van der Waals surface area contributed by atoms with Gasteiger partial charge in [0, 0.05) is 15.0 Å². The molecular weight excluding hydrogens is 281 g/mol. The maximum atomic E-state index is 10.1. The first kappa shape index (κ1) is 8.55. The molecule has 0 atom stereocenters. The van der Waals surface area contributed by atoms with Gasteiger partial charge in [-0.15, -0.1) is 0 Å². The van der Waals surface area contributed by atoms with E-state index in [1.807, 2.05) is 18.2 Å². The zero-order valence-corrected chi connectivity index (χ0v) is 8.74. The number of carbonyl (C=O) groups excluding carboxylic acids is 1. The molecule has 0 aliphatic heterocycles. The highest BCUT2D eigenvalue weighted by atomic mass is 127. The molecule has 1 N–H and O–H groups in total. The van der Waals surface area contributed by atoms with Crippen LogP contribution < -0.4 is 5.32 Å². The lowest BCUT2D eigenvalue weighted by Crippen LogP contribution is -1.89. The van der Waals surface area contributed by atoms with Crippen molar-refractivity contribution < 1.29 is 9.21 Å². The van der Waals surface area contributed by atoms with Crippen molar-refractivity contribution in [2.75, 3.05) is 5.32 Å². The second-order valence-corrected chi connectivity index (χ2v) is 3.80. The lowest BCUT2D eigenvalue weighted by Gasteiger charge is -1.88. The SMILES string of the molecule is O=CNc1cc2cc(I)ccc2o1. The predicted molar refractivity (Wildman–Crippen MR) is 58.6 cm³/mol. The second-order valence-electron chi connectivity index (χ2n) is 2.55. The summed E-state index contributed by atoms with van der Waals surface area (Å²) in [6.45, 7) is 0. The molecule has 0 radical (unpaired) electrons. The van der Waals surface area contributed by atoms with Gasteiger partial charge in [0.1, 0.15) is 5.58 Å². The quantitative estimate of drug-likeness (QED) is 0.681. The van der Waals surface area contributed by atoms with Gasteiger partial charge in [-0.25, -0.2) is 0 Å². The van der Waals surface area contributed by atoms with Crippen LogP contribution in [0.4, 0.5) is 5.88 Å². The van der Waals surface area contributed by atoms with E-state index in [1.165, 1.54) is 0 Å². The van der Waals surface area contributed by atoms with E-state index in [1.54, 1.807) is 6.07 Å². The fourth-order valence-corrected chi connectivity index (χ4v) is 1.66. The van der Waals surface area contributed by atoms with E-state index in [-0.39, 0.29) is 0 Å². The molecule has 0 bridgehead atoms. The number of halogens is 1. The summed E-state index contributed by atoms with van der Waals surface area (Å²) in [7, 11) is 0. The van der Waals surface area contributed by atoms with Gasteiger partial charge >= 0.3 is 0 Å². The summed E-state index contributed by atoms with van der Waals surface area (Å²) in [5.74, 6) is 0.479. The summed E-state index contributed by atoms with van der Waals surface area (Å²) in [6.07, 6.45) is 0.600. The number of hydrogen-bond acceptors (Lipinski definition) is 2. The summed E-state index contributed by atoms with van der Waals surface area (Å²) >= 11 is 2.23. The van der Waals surface area contributed by atoms with E-state index < -0.39 is 0 Å². The number of nitrogens with one attached hydrogen (secondary N) is 1. The van der Waals surface area contributed by atoms with Gasteiger partial charge in [0.25, 0.3) is 0 Å². The smallest absolute Gasteiger partial charge is 0.213 e. The Kier molecular flexibility index (Phi) is 2.22. The number of benzene rings is 1. The number of anilines is 1. The van der Waals surface area contributed by atoms with Crippen LogP contribution in [-0.2, 0) is 4.79 Å². The second kappa shape index (κ2) is 3.37. The van der Waals surface area contributed by atoms with E-state index in [2.05, 4.69) is 27.9 Å². The Morgan fingerprint density at radius 1 is 1.38 bits per heavy atom. The molecule has 0 aliphatic rings. The minimum absolute atomic E-state index is 0.479. The van der Waals surface area contributed by atoms with Crippen LogP contribution in [0.25, 0.3) is 11.0 Å². The maximum absolute atomic E-state index is 10.1. The first-order valence-electron chi connectivity index (χ1n) is 3.69. The lowest BCUT2D eigenvalue weighted by molar-refractivity contribution is -0.105. The number of amides is 1. The number of hydrogen-bond donors (Lipinski definition) is 1. The van der Waals surface area contributed by atoms with Gasteiger partial charge in [0.05, 0.1) is 0 Å². The fourth-order valence-electron chi connectivity index (χ4n) is 1.14. The van der Waals surface area contributed by atoms with Gasteiger partial charge in [-0.05, 0) is 40.8 Å². The van der Waals surface area contributed by atoms with Gasteiger partial charge in [-0.2, -0.15) is 0 Å². The third-order valence-electron chi connectivity index (χ3n) is 1.68. The molecule has 2 rings (SSSR count). The third kappa shape index (κ3) is 1.67. The van der Waals surface area contributed by atoms with Crippen LogP contribution in [-0.4, -0.2) is 6.41 Å². The van der Waals surface area contributed by atoms with Crippen molar-refractivity contribution in [3.63, 3.8) is 0 Å². The van der Waals surface area contributed by atoms with Crippen molar-refractivity contribution >= 4 is 45.9 Å². The highest BCUT2D eigenvalue weighted by Gasteiger charge is 2.02. The molecule has 1 amide bonds. The molecule has 13 heavy (non-hydrogen) atoms. The Bertz CT molecular complexity index is 450. The Morgan fingerprint density at radius 2 is 2.23 bits per heavy atom. The van der Waals surface area contributed by atoms with E-state index in [4.69, 9.17) is 4.42 Å². The minimum atomic E-state index is 0.479. The van der Waals surface area contributed by atoms with E-state index >= 15 is 0 Å². The zero-order valence-electron chi connectivity index (χ0n) is 6.58. The summed E-state index contributed by atoms with van der Waals surface area (Å²) in [6, 6.07) is 7.63. The zero-order chi connectivity index (χ0) is 9.26. The van der Waals surface area contributed by atoms with Gasteiger partial charge in [-0.1, -0.05) is 0 Å². The molecule has 1 heterocycles. The maximum Gasteiger partial charge on any atom is 0.213 e. The van der Waals surface area contributed by atoms with Crippen molar-refractivity contribution in [1.29, 1.82) is 0 Å². The molecule has 66 valence electrons. The van der Waals surface area contributed by atoms with Crippen LogP contribution in [0.1, 0.15) is 0 Å². The normalized spacial score (nSPS) is 10.2. The standard InChI is InChI=1S/C9H6INO2/c10-7-1-2-8-6(3-7)4-9(13-8)11-5-12/h1-5H,(H,11,12). The number of fused-ring (bicyclic) bond motifs is 1. The lowest BCUT2D eigenvalue weighted by atomic mass is 10.3. The molecule has 0 unspecified atom stereocenters. The average Bonchev–Trinajstić information content (AvgIpc) is 2.46. The Labute approximate surface area is 88.2 Å². The van der Waals surface area contributed by atoms with Crippen LogP contribution >= 0.6 is 22.6 Å².